The van der Waals surface area contributed by atoms with Gasteiger partial charge in [0, 0.05) is 24.1 Å². The zero-order chi connectivity index (χ0) is 10.0. The van der Waals surface area contributed by atoms with Gasteiger partial charge in [-0.1, -0.05) is 0 Å². The lowest BCUT2D eigenvalue weighted by Gasteiger charge is -2.14. The van der Waals surface area contributed by atoms with Crippen molar-refractivity contribution in [1.82, 2.24) is 4.90 Å². The maximum Gasteiger partial charge on any atom is 0.128 e. The SMILES string of the molecule is CN(C)C(=N)c1ccc(F)cc1Br. The highest BCUT2D eigenvalue weighted by molar-refractivity contribution is 9.10. The van der Waals surface area contributed by atoms with Crippen LogP contribution in [0.5, 0.6) is 0 Å². The molecule has 0 aliphatic carbocycles. The molecule has 0 aliphatic heterocycles. The number of nitrogens with one attached hydrogen (secondary N) is 1. The molecule has 70 valence electrons. The Morgan fingerprint density at radius 1 is 1.46 bits per heavy atom. The van der Waals surface area contributed by atoms with Crippen LogP contribution in [-0.4, -0.2) is 24.8 Å². The van der Waals surface area contributed by atoms with Crippen LogP contribution >= 0.6 is 15.9 Å². The molecule has 0 unspecified atom stereocenters. The maximum atomic E-state index is 12.7. The van der Waals surface area contributed by atoms with Crippen molar-refractivity contribution in [2.24, 2.45) is 0 Å². The summed E-state index contributed by atoms with van der Waals surface area (Å²) in [7, 11) is 3.55. The van der Waals surface area contributed by atoms with Crippen LogP contribution in [-0.2, 0) is 0 Å². The average molecular weight is 245 g/mol. The van der Waals surface area contributed by atoms with Gasteiger partial charge in [-0.3, -0.25) is 5.41 Å². The van der Waals surface area contributed by atoms with Crippen molar-refractivity contribution >= 4 is 21.8 Å². The summed E-state index contributed by atoms with van der Waals surface area (Å²) in [6, 6.07) is 4.28. The van der Waals surface area contributed by atoms with E-state index in [1.807, 2.05) is 0 Å². The van der Waals surface area contributed by atoms with Crippen LogP contribution in [0, 0.1) is 11.2 Å². The van der Waals surface area contributed by atoms with E-state index in [-0.39, 0.29) is 5.82 Å². The van der Waals surface area contributed by atoms with Crippen LogP contribution in [0.15, 0.2) is 22.7 Å². The molecule has 0 radical (unpaired) electrons. The highest BCUT2D eigenvalue weighted by Crippen LogP contribution is 2.18. The summed E-state index contributed by atoms with van der Waals surface area (Å²) in [5.41, 5.74) is 0.686. The molecule has 0 bridgehead atoms. The number of hydrogen-bond acceptors (Lipinski definition) is 1. The first kappa shape index (κ1) is 10.2. The number of halogens is 2. The minimum absolute atomic E-state index is 0.304. The third-order valence-electron chi connectivity index (χ3n) is 1.63. The molecular formula is C9H10BrFN2. The Bertz CT molecular complexity index is 336. The van der Waals surface area contributed by atoms with Crippen LogP contribution in [0.3, 0.4) is 0 Å². The third-order valence-corrected chi connectivity index (χ3v) is 2.29. The molecule has 0 spiro atoms. The first-order valence-electron chi connectivity index (χ1n) is 3.73. The standard InChI is InChI=1S/C9H10BrFN2/c1-13(2)9(12)7-4-3-6(11)5-8(7)10/h3-5,12H,1-2H3. The summed E-state index contributed by atoms with van der Waals surface area (Å²) in [5, 5.41) is 7.67. The zero-order valence-corrected chi connectivity index (χ0v) is 9.02. The van der Waals surface area contributed by atoms with Gasteiger partial charge in [-0.05, 0) is 34.1 Å². The van der Waals surface area contributed by atoms with E-state index in [9.17, 15) is 4.39 Å². The number of benzene rings is 1. The minimum atomic E-state index is -0.304. The largest absolute Gasteiger partial charge is 0.363 e. The highest BCUT2D eigenvalue weighted by atomic mass is 79.9. The molecule has 0 amide bonds. The average Bonchev–Trinajstić information content (AvgIpc) is 2.03. The Morgan fingerprint density at radius 3 is 2.54 bits per heavy atom. The van der Waals surface area contributed by atoms with E-state index in [1.54, 1.807) is 25.1 Å². The summed E-state index contributed by atoms with van der Waals surface area (Å²) in [5.74, 6) is 0.0501. The van der Waals surface area contributed by atoms with Crippen LogP contribution < -0.4 is 0 Å². The molecule has 1 aromatic rings. The van der Waals surface area contributed by atoms with Crippen molar-refractivity contribution in [2.45, 2.75) is 0 Å². The molecular weight excluding hydrogens is 235 g/mol. The van der Waals surface area contributed by atoms with Gasteiger partial charge in [-0.25, -0.2) is 4.39 Å². The van der Waals surface area contributed by atoms with E-state index in [0.717, 1.165) is 0 Å². The lowest BCUT2D eigenvalue weighted by Crippen LogP contribution is -2.22. The molecule has 0 atom stereocenters. The van der Waals surface area contributed by atoms with Crippen LogP contribution in [0.2, 0.25) is 0 Å². The van der Waals surface area contributed by atoms with Gasteiger partial charge in [0.25, 0.3) is 0 Å². The van der Waals surface area contributed by atoms with Gasteiger partial charge in [-0.15, -0.1) is 0 Å². The van der Waals surface area contributed by atoms with Gasteiger partial charge in [-0.2, -0.15) is 0 Å². The molecule has 2 nitrogen and oxygen atoms in total. The second-order valence-corrected chi connectivity index (χ2v) is 3.72. The molecule has 0 aromatic heterocycles. The molecule has 0 aliphatic rings. The van der Waals surface area contributed by atoms with Crippen LogP contribution in [0.25, 0.3) is 0 Å². The number of nitrogens with zero attached hydrogens (tertiary/aromatic N) is 1. The quantitative estimate of drug-likeness (QED) is 0.597. The summed E-state index contributed by atoms with van der Waals surface area (Å²) in [4.78, 5) is 1.66. The Kier molecular flexibility index (Phi) is 3.03. The monoisotopic (exact) mass is 244 g/mol. The first-order valence-corrected chi connectivity index (χ1v) is 4.53. The zero-order valence-electron chi connectivity index (χ0n) is 7.44. The van der Waals surface area contributed by atoms with Crippen molar-refractivity contribution in [3.63, 3.8) is 0 Å². The van der Waals surface area contributed by atoms with E-state index in [2.05, 4.69) is 15.9 Å². The van der Waals surface area contributed by atoms with Crippen molar-refractivity contribution < 1.29 is 4.39 Å². The molecule has 0 saturated carbocycles. The number of amidine groups is 1. The Hall–Kier alpha value is -0.900. The second-order valence-electron chi connectivity index (χ2n) is 2.87. The van der Waals surface area contributed by atoms with E-state index in [1.165, 1.54) is 12.1 Å². The third kappa shape index (κ3) is 2.28. The second kappa shape index (κ2) is 3.87. The molecule has 0 saturated heterocycles. The molecule has 1 aromatic carbocycles. The summed E-state index contributed by atoms with van der Waals surface area (Å²) in [6.07, 6.45) is 0. The number of hydrogen-bond donors (Lipinski definition) is 1. The fraction of sp³-hybridized carbons (Fsp3) is 0.222. The Morgan fingerprint density at radius 2 is 2.08 bits per heavy atom. The first-order chi connectivity index (χ1) is 6.02. The van der Waals surface area contributed by atoms with Gasteiger partial charge in [0.2, 0.25) is 0 Å². The predicted octanol–water partition coefficient (Wildman–Crippen LogP) is 2.48. The van der Waals surface area contributed by atoms with Gasteiger partial charge in [0.1, 0.15) is 11.7 Å². The molecule has 13 heavy (non-hydrogen) atoms. The highest BCUT2D eigenvalue weighted by Gasteiger charge is 2.08. The molecule has 0 heterocycles. The van der Waals surface area contributed by atoms with E-state index in [0.29, 0.717) is 15.9 Å². The molecule has 0 fully saturated rings. The van der Waals surface area contributed by atoms with Crippen LogP contribution in [0.4, 0.5) is 4.39 Å². The predicted molar refractivity (Wildman–Crippen MR) is 54.6 cm³/mol. The minimum Gasteiger partial charge on any atom is -0.363 e. The van der Waals surface area contributed by atoms with Gasteiger partial charge < -0.3 is 4.90 Å². The van der Waals surface area contributed by atoms with Gasteiger partial charge >= 0.3 is 0 Å². The Labute approximate surface area is 85.0 Å². The summed E-state index contributed by atoms with van der Waals surface area (Å²) >= 11 is 3.21. The number of rotatable bonds is 1. The molecule has 1 rings (SSSR count). The van der Waals surface area contributed by atoms with Gasteiger partial charge in [0.15, 0.2) is 0 Å². The summed E-state index contributed by atoms with van der Waals surface area (Å²) < 4.78 is 13.3. The van der Waals surface area contributed by atoms with Crippen molar-refractivity contribution in [1.29, 1.82) is 5.41 Å². The van der Waals surface area contributed by atoms with Crippen molar-refractivity contribution in [3.8, 4) is 0 Å². The van der Waals surface area contributed by atoms with E-state index < -0.39 is 0 Å². The smallest absolute Gasteiger partial charge is 0.128 e. The van der Waals surface area contributed by atoms with Crippen molar-refractivity contribution in [2.75, 3.05) is 14.1 Å². The fourth-order valence-electron chi connectivity index (χ4n) is 0.922. The molecule has 4 heteroatoms. The fourth-order valence-corrected chi connectivity index (χ4v) is 1.46. The summed E-state index contributed by atoms with van der Waals surface area (Å²) in [6.45, 7) is 0. The lowest BCUT2D eigenvalue weighted by molar-refractivity contribution is 0.615. The lowest BCUT2D eigenvalue weighted by atomic mass is 10.2. The van der Waals surface area contributed by atoms with E-state index >= 15 is 0 Å². The Balaban J connectivity index is 3.09. The normalized spacial score (nSPS) is 9.85. The topological polar surface area (TPSA) is 27.1 Å². The molecule has 1 N–H and O–H groups in total. The maximum absolute atomic E-state index is 12.7. The van der Waals surface area contributed by atoms with Gasteiger partial charge in [0.05, 0.1) is 0 Å². The van der Waals surface area contributed by atoms with E-state index in [4.69, 9.17) is 5.41 Å². The van der Waals surface area contributed by atoms with Crippen molar-refractivity contribution in [3.05, 3.63) is 34.1 Å². The van der Waals surface area contributed by atoms with Crippen LogP contribution in [0.1, 0.15) is 5.56 Å².